The summed E-state index contributed by atoms with van der Waals surface area (Å²) in [5.41, 5.74) is 5.92. The van der Waals surface area contributed by atoms with Gasteiger partial charge in [0.25, 0.3) is 5.91 Å². The summed E-state index contributed by atoms with van der Waals surface area (Å²) in [5, 5.41) is 15.3. The molecule has 8 heteroatoms. The second kappa shape index (κ2) is 9.07. The van der Waals surface area contributed by atoms with Gasteiger partial charge in [-0.15, -0.1) is 5.10 Å². The molecule has 176 valence electrons. The SMILES string of the molecule is CCc1ccc2nccc(-c3nnc(N[C@H]4N=C(c5ccccc5)c5ccccc5NC4=O)o3)c2c1. The lowest BCUT2D eigenvalue weighted by atomic mass is 10.0. The minimum atomic E-state index is -0.971. The molecule has 1 aliphatic rings. The number of aliphatic imine (C=N–C) groups is 1. The first-order valence-corrected chi connectivity index (χ1v) is 11.7. The number of pyridine rings is 1. The van der Waals surface area contributed by atoms with Crippen LogP contribution < -0.4 is 10.6 Å². The summed E-state index contributed by atoms with van der Waals surface area (Å²) in [5.74, 6) is 0.0119. The maximum absolute atomic E-state index is 13.1. The summed E-state index contributed by atoms with van der Waals surface area (Å²) in [6, 6.07) is 25.4. The van der Waals surface area contributed by atoms with E-state index in [9.17, 15) is 4.79 Å². The third-order valence-corrected chi connectivity index (χ3v) is 6.12. The number of carbonyl (C=O) groups is 1. The third-order valence-electron chi connectivity index (χ3n) is 6.12. The lowest BCUT2D eigenvalue weighted by Crippen LogP contribution is -2.32. The van der Waals surface area contributed by atoms with Gasteiger partial charge in [0.15, 0.2) is 0 Å². The number of carbonyl (C=O) groups excluding carboxylic acids is 1. The van der Waals surface area contributed by atoms with Gasteiger partial charge in [-0.2, -0.15) is 0 Å². The van der Waals surface area contributed by atoms with Crippen molar-refractivity contribution in [3.63, 3.8) is 0 Å². The van der Waals surface area contributed by atoms with Crippen molar-refractivity contribution in [2.45, 2.75) is 19.5 Å². The molecule has 3 aromatic carbocycles. The maximum atomic E-state index is 13.1. The Kier molecular flexibility index (Phi) is 5.46. The van der Waals surface area contributed by atoms with E-state index in [1.807, 2.05) is 66.7 Å². The van der Waals surface area contributed by atoms with Gasteiger partial charge in [-0.05, 0) is 36.2 Å². The van der Waals surface area contributed by atoms with Crippen molar-refractivity contribution in [1.29, 1.82) is 0 Å². The summed E-state index contributed by atoms with van der Waals surface area (Å²) in [4.78, 5) is 22.3. The van der Waals surface area contributed by atoms with E-state index in [0.29, 0.717) is 17.3 Å². The molecule has 0 bridgehead atoms. The predicted octanol–water partition coefficient (Wildman–Crippen LogP) is 5.07. The van der Waals surface area contributed by atoms with Crippen LogP contribution in [0.2, 0.25) is 0 Å². The van der Waals surface area contributed by atoms with Crippen molar-refractivity contribution >= 4 is 34.2 Å². The average molecular weight is 475 g/mol. The normalized spacial score (nSPS) is 15.1. The number of benzodiazepines with no additional fused rings is 1. The Morgan fingerprint density at radius 2 is 1.78 bits per heavy atom. The summed E-state index contributed by atoms with van der Waals surface area (Å²) < 4.78 is 5.95. The zero-order valence-corrected chi connectivity index (χ0v) is 19.5. The van der Waals surface area contributed by atoms with E-state index in [4.69, 9.17) is 9.41 Å². The fraction of sp³-hybridized carbons (Fsp3) is 0.107. The van der Waals surface area contributed by atoms with Gasteiger partial charge >= 0.3 is 6.01 Å². The van der Waals surface area contributed by atoms with Crippen LogP contribution >= 0.6 is 0 Å². The summed E-state index contributed by atoms with van der Waals surface area (Å²) >= 11 is 0. The first kappa shape index (κ1) is 21.7. The number of anilines is 2. The van der Waals surface area contributed by atoms with Crippen molar-refractivity contribution in [3.8, 4) is 11.5 Å². The van der Waals surface area contributed by atoms with Crippen LogP contribution in [-0.4, -0.2) is 33.0 Å². The Bertz CT molecular complexity index is 1610. The Morgan fingerprint density at radius 3 is 2.64 bits per heavy atom. The molecule has 0 saturated carbocycles. The Labute approximate surface area is 207 Å². The van der Waals surface area contributed by atoms with Crippen LogP contribution in [0.3, 0.4) is 0 Å². The summed E-state index contributed by atoms with van der Waals surface area (Å²) in [6.07, 6.45) is 1.65. The maximum Gasteiger partial charge on any atom is 0.317 e. The Balaban J connectivity index is 1.36. The number of hydrogen-bond acceptors (Lipinski definition) is 7. The predicted molar refractivity (Wildman–Crippen MR) is 139 cm³/mol. The highest BCUT2D eigenvalue weighted by molar-refractivity contribution is 6.19. The van der Waals surface area contributed by atoms with Gasteiger partial charge in [0.2, 0.25) is 12.1 Å². The lowest BCUT2D eigenvalue weighted by Gasteiger charge is -2.11. The molecule has 6 rings (SSSR count). The molecule has 0 fully saturated rings. The third kappa shape index (κ3) is 3.98. The van der Waals surface area contributed by atoms with Gasteiger partial charge in [0.1, 0.15) is 0 Å². The number of rotatable bonds is 5. The highest BCUT2D eigenvalue weighted by Crippen LogP contribution is 2.29. The van der Waals surface area contributed by atoms with E-state index in [1.165, 1.54) is 5.56 Å². The molecule has 1 atom stereocenters. The van der Waals surface area contributed by atoms with Crippen LogP contribution in [0.15, 0.2) is 94.5 Å². The smallest absolute Gasteiger partial charge is 0.317 e. The number of fused-ring (bicyclic) bond motifs is 2. The molecule has 0 unspecified atom stereocenters. The van der Waals surface area contributed by atoms with E-state index in [2.05, 4.69) is 44.9 Å². The van der Waals surface area contributed by atoms with Crippen molar-refractivity contribution in [2.75, 3.05) is 10.6 Å². The monoisotopic (exact) mass is 474 g/mol. The number of aryl methyl sites for hydroxylation is 1. The quantitative estimate of drug-likeness (QED) is 0.368. The molecule has 5 aromatic rings. The molecule has 36 heavy (non-hydrogen) atoms. The number of benzene rings is 3. The van der Waals surface area contributed by atoms with E-state index >= 15 is 0 Å². The minimum absolute atomic E-state index is 0.101. The largest absolute Gasteiger partial charge is 0.403 e. The van der Waals surface area contributed by atoms with Crippen molar-refractivity contribution in [1.82, 2.24) is 15.2 Å². The van der Waals surface area contributed by atoms with E-state index < -0.39 is 6.17 Å². The molecule has 0 aliphatic carbocycles. The van der Waals surface area contributed by atoms with Crippen molar-refractivity contribution in [2.24, 2.45) is 4.99 Å². The number of amides is 1. The van der Waals surface area contributed by atoms with Crippen LogP contribution in [0.5, 0.6) is 0 Å². The number of hydrogen-bond donors (Lipinski definition) is 2. The average Bonchev–Trinajstić information content (AvgIpc) is 3.34. The second-order valence-electron chi connectivity index (χ2n) is 8.40. The van der Waals surface area contributed by atoms with Crippen LogP contribution in [-0.2, 0) is 11.2 Å². The Hall–Kier alpha value is -4.85. The zero-order valence-electron chi connectivity index (χ0n) is 19.5. The van der Waals surface area contributed by atoms with Gasteiger partial charge < -0.3 is 15.1 Å². The number of para-hydroxylation sites is 1. The molecular formula is C28H22N6O2. The molecule has 0 spiro atoms. The van der Waals surface area contributed by atoms with Gasteiger partial charge in [-0.1, -0.05) is 66.6 Å². The van der Waals surface area contributed by atoms with Gasteiger partial charge in [0, 0.05) is 28.3 Å². The van der Waals surface area contributed by atoms with Crippen molar-refractivity contribution < 1.29 is 9.21 Å². The molecule has 2 N–H and O–H groups in total. The Morgan fingerprint density at radius 1 is 0.944 bits per heavy atom. The van der Waals surface area contributed by atoms with Crippen LogP contribution in [0.25, 0.3) is 22.4 Å². The fourth-order valence-corrected chi connectivity index (χ4v) is 4.29. The molecule has 0 radical (unpaired) electrons. The van der Waals surface area contributed by atoms with E-state index in [1.54, 1.807) is 6.20 Å². The first-order chi connectivity index (χ1) is 17.7. The van der Waals surface area contributed by atoms with Gasteiger partial charge in [0.05, 0.1) is 16.9 Å². The lowest BCUT2D eigenvalue weighted by molar-refractivity contribution is -0.116. The molecule has 1 amide bonds. The molecule has 8 nitrogen and oxygen atoms in total. The van der Waals surface area contributed by atoms with Crippen molar-refractivity contribution in [3.05, 3.63) is 102 Å². The summed E-state index contributed by atoms with van der Waals surface area (Å²) in [6.45, 7) is 2.10. The molecular weight excluding hydrogens is 452 g/mol. The molecule has 0 saturated heterocycles. The van der Waals surface area contributed by atoms with E-state index in [-0.39, 0.29) is 11.9 Å². The number of nitrogens with zero attached hydrogens (tertiary/aromatic N) is 4. The van der Waals surface area contributed by atoms with Gasteiger partial charge in [-0.25, -0.2) is 4.99 Å². The summed E-state index contributed by atoms with van der Waals surface area (Å²) in [7, 11) is 0. The highest BCUT2D eigenvalue weighted by Gasteiger charge is 2.27. The minimum Gasteiger partial charge on any atom is -0.403 e. The number of nitrogens with one attached hydrogen (secondary N) is 2. The standard InChI is InChI=1S/C28H22N6O2/c1-2-17-12-13-22-21(16-17)19(14-15-29-22)27-33-34-28(36-27)32-25-26(35)30-23-11-7-6-10-20(23)24(31-25)18-8-4-3-5-9-18/h3-16,25H,2H2,1H3,(H,30,35)(H,32,34)/t25-/m1/s1. The zero-order chi connectivity index (χ0) is 24.5. The fourth-order valence-electron chi connectivity index (χ4n) is 4.29. The second-order valence-corrected chi connectivity index (χ2v) is 8.40. The molecule has 2 aromatic heterocycles. The molecule has 1 aliphatic heterocycles. The highest BCUT2D eigenvalue weighted by atomic mass is 16.4. The van der Waals surface area contributed by atoms with Crippen LogP contribution in [0, 0.1) is 0 Å². The molecule has 3 heterocycles. The van der Waals surface area contributed by atoms with E-state index in [0.717, 1.165) is 34.0 Å². The number of aromatic nitrogens is 3. The topological polar surface area (TPSA) is 105 Å². The van der Waals surface area contributed by atoms with Crippen LogP contribution in [0.1, 0.15) is 23.6 Å². The van der Waals surface area contributed by atoms with Gasteiger partial charge in [-0.3, -0.25) is 9.78 Å². The first-order valence-electron chi connectivity index (χ1n) is 11.7. The van der Waals surface area contributed by atoms with Crippen LogP contribution in [0.4, 0.5) is 11.7 Å².